The minimum atomic E-state index is 0.284. The molecule has 0 unspecified atom stereocenters. The molecule has 2 N–H and O–H groups in total. The summed E-state index contributed by atoms with van der Waals surface area (Å²) in [6.45, 7) is 0. The fourth-order valence-electron chi connectivity index (χ4n) is 1.29. The monoisotopic (exact) mass is 225 g/mol. The van der Waals surface area contributed by atoms with Gasteiger partial charge in [0.25, 0.3) is 0 Å². The molecule has 0 atom stereocenters. The van der Waals surface area contributed by atoms with Gasteiger partial charge in [-0.2, -0.15) is 0 Å². The lowest BCUT2D eigenvalue weighted by Crippen LogP contribution is -2.04. The number of hydrogen-bond donors (Lipinski definition) is 2. The Labute approximate surface area is 93.1 Å². The van der Waals surface area contributed by atoms with Gasteiger partial charge in [0.05, 0.1) is 11.7 Å². The molecule has 5 heteroatoms. The van der Waals surface area contributed by atoms with Gasteiger partial charge in [0.15, 0.2) is 0 Å². The standard InChI is InChI=1S/C10H12ClN3O/c1-13-10-7(5-12)8(4-9(11)14-10)15-6-2-3-6/h4-6,12H,2-3H2,1H3,(H,13,14). The van der Waals surface area contributed by atoms with Crippen molar-refractivity contribution in [2.75, 3.05) is 12.4 Å². The van der Waals surface area contributed by atoms with E-state index in [2.05, 4.69) is 10.3 Å². The number of halogens is 1. The van der Waals surface area contributed by atoms with Crippen LogP contribution in [0.5, 0.6) is 5.75 Å². The minimum Gasteiger partial charge on any atom is -0.489 e. The van der Waals surface area contributed by atoms with E-state index < -0.39 is 0 Å². The number of hydrogen-bond acceptors (Lipinski definition) is 4. The van der Waals surface area contributed by atoms with Crippen LogP contribution in [0.1, 0.15) is 18.4 Å². The molecule has 0 radical (unpaired) electrons. The van der Waals surface area contributed by atoms with Crippen LogP contribution in [-0.2, 0) is 0 Å². The Morgan fingerprint density at radius 2 is 2.40 bits per heavy atom. The van der Waals surface area contributed by atoms with E-state index in [0.717, 1.165) is 12.8 Å². The molecule has 0 amide bonds. The predicted molar refractivity (Wildman–Crippen MR) is 60.3 cm³/mol. The topological polar surface area (TPSA) is 58.0 Å². The first-order valence-corrected chi connectivity index (χ1v) is 5.18. The van der Waals surface area contributed by atoms with Crippen LogP contribution in [0.2, 0.25) is 5.15 Å². The zero-order valence-electron chi connectivity index (χ0n) is 8.38. The Morgan fingerprint density at radius 1 is 1.67 bits per heavy atom. The molecule has 0 aliphatic heterocycles. The van der Waals surface area contributed by atoms with E-state index >= 15 is 0 Å². The van der Waals surface area contributed by atoms with Crippen LogP contribution in [0.25, 0.3) is 0 Å². The van der Waals surface area contributed by atoms with Gasteiger partial charge in [-0.05, 0) is 12.8 Å². The van der Waals surface area contributed by atoms with E-state index in [-0.39, 0.29) is 6.10 Å². The van der Waals surface area contributed by atoms with Crippen molar-refractivity contribution in [3.63, 3.8) is 0 Å². The minimum absolute atomic E-state index is 0.284. The number of pyridine rings is 1. The van der Waals surface area contributed by atoms with Crippen LogP contribution < -0.4 is 10.1 Å². The first-order valence-electron chi connectivity index (χ1n) is 4.80. The van der Waals surface area contributed by atoms with Crippen molar-refractivity contribution >= 4 is 23.6 Å². The van der Waals surface area contributed by atoms with E-state index in [4.69, 9.17) is 21.7 Å². The molecule has 0 saturated heterocycles. The van der Waals surface area contributed by atoms with Crippen LogP contribution >= 0.6 is 11.6 Å². The van der Waals surface area contributed by atoms with Crippen LogP contribution in [0.3, 0.4) is 0 Å². The third-order valence-electron chi connectivity index (χ3n) is 2.19. The SMILES string of the molecule is CNc1nc(Cl)cc(OC2CC2)c1C=N. The summed E-state index contributed by atoms with van der Waals surface area (Å²) in [5.74, 6) is 1.21. The van der Waals surface area contributed by atoms with Gasteiger partial charge in [0.2, 0.25) is 0 Å². The van der Waals surface area contributed by atoms with E-state index in [1.165, 1.54) is 6.21 Å². The second-order valence-electron chi connectivity index (χ2n) is 3.42. The maximum atomic E-state index is 7.34. The average molecular weight is 226 g/mol. The first-order chi connectivity index (χ1) is 7.24. The summed E-state index contributed by atoms with van der Waals surface area (Å²) in [6.07, 6.45) is 3.66. The number of nitrogens with one attached hydrogen (secondary N) is 2. The first kappa shape index (κ1) is 10.2. The lowest BCUT2D eigenvalue weighted by Gasteiger charge is -2.11. The van der Waals surface area contributed by atoms with Crippen molar-refractivity contribution in [3.8, 4) is 5.75 Å². The molecule has 1 fully saturated rings. The molecular formula is C10H12ClN3O. The van der Waals surface area contributed by atoms with Gasteiger partial charge in [-0.15, -0.1) is 0 Å². The van der Waals surface area contributed by atoms with Crippen LogP contribution in [0.4, 0.5) is 5.82 Å². The summed E-state index contributed by atoms with van der Waals surface area (Å²) >= 11 is 5.86. The summed E-state index contributed by atoms with van der Waals surface area (Å²) in [6, 6.07) is 1.65. The molecule has 1 aliphatic carbocycles. The Bertz CT molecular complexity index is 390. The van der Waals surface area contributed by atoms with Crippen molar-refractivity contribution in [1.82, 2.24) is 4.98 Å². The Balaban J connectivity index is 2.39. The average Bonchev–Trinajstić information content (AvgIpc) is 3.01. The maximum Gasteiger partial charge on any atom is 0.140 e. The second kappa shape index (κ2) is 4.06. The lowest BCUT2D eigenvalue weighted by atomic mass is 10.2. The van der Waals surface area contributed by atoms with E-state index in [9.17, 15) is 0 Å². The number of ether oxygens (including phenoxy) is 1. The van der Waals surface area contributed by atoms with Crippen LogP contribution in [-0.4, -0.2) is 24.4 Å². The molecule has 1 heterocycles. The molecule has 0 aromatic carbocycles. The van der Waals surface area contributed by atoms with Crippen LogP contribution in [0, 0.1) is 5.41 Å². The number of anilines is 1. The number of nitrogens with zero attached hydrogens (tertiary/aromatic N) is 1. The molecule has 15 heavy (non-hydrogen) atoms. The molecular weight excluding hydrogens is 214 g/mol. The predicted octanol–water partition coefficient (Wildman–Crippen LogP) is 2.32. The van der Waals surface area contributed by atoms with E-state index in [0.29, 0.717) is 22.3 Å². The molecule has 2 rings (SSSR count). The van der Waals surface area contributed by atoms with Gasteiger partial charge in [0, 0.05) is 19.3 Å². The zero-order chi connectivity index (χ0) is 10.8. The van der Waals surface area contributed by atoms with Gasteiger partial charge in [-0.25, -0.2) is 4.98 Å². The molecule has 1 saturated carbocycles. The fourth-order valence-corrected chi connectivity index (χ4v) is 1.48. The van der Waals surface area contributed by atoms with E-state index in [1.807, 2.05) is 0 Å². The summed E-state index contributed by atoms with van der Waals surface area (Å²) in [7, 11) is 1.74. The highest BCUT2D eigenvalue weighted by atomic mass is 35.5. The highest BCUT2D eigenvalue weighted by Crippen LogP contribution is 2.32. The fraction of sp³-hybridized carbons (Fsp3) is 0.400. The van der Waals surface area contributed by atoms with Gasteiger partial charge < -0.3 is 15.5 Å². The molecule has 0 bridgehead atoms. The lowest BCUT2D eigenvalue weighted by molar-refractivity contribution is 0.302. The van der Waals surface area contributed by atoms with Crippen molar-refractivity contribution in [3.05, 3.63) is 16.8 Å². The number of rotatable bonds is 4. The highest BCUT2D eigenvalue weighted by Gasteiger charge is 2.25. The Morgan fingerprint density at radius 3 is 2.93 bits per heavy atom. The summed E-state index contributed by atoms with van der Waals surface area (Å²) in [4.78, 5) is 4.07. The molecule has 80 valence electrons. The summed E-state index contributed by atoms with van der Waals surface area (Å²) in [5.41, 5.74) is 0.647. The van der Waals surface area contributed by atoms with Gasteiger partial charge in [0.1, 0.15) is 16.7 Å². The van der Waals surface area contributed by atoms with Gasteiger partial charge in [-0.1, -0.05) is 11.6 Å². The van der Waals surface area contributed by atoms with Crippen molar-refractivity contribution in [2.24, 2.45) is 0 Å². The van der Waals surface area contributed by atoms with Crippen molar-refractivity contribution in [2.45, 2.75) is 18.9 Å². The molecule has 1 aromatic heterocycles. The smallest absolute Gasteiger partial charge is 0.140 e. The quantitative estimate of drug-likeness (QED) is 0.611. The van der Waals surface area contributed by atoms with Crippen molar-refractivity contribution in [1.29, 1.82) is 5.41 Å². The largest absolute Gasteiger partial charge is 0.489 e. The van der Waals surface area contributed by atoms with Crippen molar-refractivity contribution < 1.29 is 4.74 Å². The zero-order valence-corrected chi connectivity index (χ0v) is 9.14. The molecule has 1 aromatic rings. The second-order valence-corrected chi connectivity index (χ2v) is 3.80. The van der Waals surface area contributed by atoms with Gasteiger partial charge >= 0.3 is 0 Å². The number of aromatic nitrogens is 1. The molecule has 1 aliphatic rings. The normalized spacial score (nSPS) is 14.8. The third kappa shape index (κ3) is 2.21. The summed E-state index contributed by atoms with van der Waals surface area (Å²) in [5, 5.41) is 10.6. The molecule has 0 spiro atoms. The van der Waals surface area contributed by atoms with E-state index in [1.54, 1.807) is 13.1 Å². The molecule has 4 nitrogen and oxygen atoms in total. The Kier molecular flexibility index (Phi) is 2.77. The summed E-state index contributed by atoms with van der Waals surface area (Å²) < 4.78 is 5.65. The maximum absolute atomic E-state index is 7.34. The highest BCUT2D eigenvalue weighted by molar-refractivity contribution is 6.29. The van der Waals surface area contributed by atoms with Gasteiger partial charge in [-0.3, -0.25) is 0 Å². The third-order valence-corrected chi connectivity index (χ3v) is 2.38. The Hall–Kier alpha value is -1.29. The van der Waals surface area contributed by atoms with Crippen LogP contribution in [0.15, 0.2) is 6.07 Å².